The van der Waals surface area contributed by atoms with Gasteiger partial charge in [0.1, 0.15) is 12.2 Å². The van der Waals surface area contributed by atoms with Crippen LogP contribution in [-0.4, -0.2) is 37.8 Å². The fourth-order valence-electron chi connectivity index (χ4n) is 1.71. The first-order valence-corrected chi connectivity index (χ1v) is 4.98. The number of aliphatic hydroxyl groups is 2. The molecule has 0 saturated carbocycles. The number of aliphatic hydroxyl groups excluding tert-OH is 2. The van der Waals surface area contributed by atoms with Crippen molar-refractivity contribution < 1.29 is 23.7 Å². The lowest BCUT2D eigenvalue weighted by Gasteiger charge is -2.17. The highest BCUT2D eigenvalue weighted by Gasteiger charge is 2.53. The Kier molecular flexibility index (Phi) is 2.84. The van der Waals surface area contributed by atoms with Crippen LogP contribution in [0.3, 0.4) is 0 Å². The van der Waals surface area contributed by atoms with E-state index in [-0.39, 0.29) is 0 Å². The summed E-state index contributed by atoms with van der Waals surface area (Å²) in [6.07, 6.45) is -4.83. The van der Waals surface area contributed by atoms with Gasteiger partial charge in [0.2, 0.25) is 11.7 Å². The second-order valence-corrected chi connectivity index (χ2v) is 4.07. The second-order valence-electron chi connectivity index (χ2n) is 4.07. The highest BCUT2D eigenvalue weighted by Crippen LogP contribution is 2.36. The summed E-state index contributed by atoms with van der Waals surface area (Å²) in [5.41, 5.74) is -2.33. The van der Waals surface area contributed by atoms with Crippen molar-refractivity contribution in [2.45, 2.75) is 31.2 Å². The Hall–Kier alpha value is -1.58. The maximum atomic E-state index is 13.6. The number of nitrogens with zero attached hydrogens (tertiary/aromatic N) is 1. The van der Waals surface area contributed by atoms with E-state index in [4.69, 9.17) is 0 Å². The number of aromatic amines is 1. The molecule has 1 aliphatic rings. The number of ether oxygens (including phenoxy) is 1. The summed E-state index contributed by atoms with van der Waals surface area (Å²) < 4.78 is 31.7. The molecular formula is C9H10F2N2O5. The highest BCUT2D eigenvalue weighted by molar-refractivity contribution is 4.96. The van der Waals surface area contributed by atoms with E-state index < -0.39 is 41.4 Å². The third-order valence-electron chi connectivity index (χ3n) is 2.69. The number of hydrogen-bond acceptors (Lipinski definition) is 5. The fourth-order valence-corrected chi connectivity index (χ4v) is 1.71. The molecule has 1 fully saturated rings. The largest absolute Gasteiger partial charge is 0.385 e. The summed E-state index contributed by atoms with van der Waals surface area (Å²) in [5.74, 6) is -3.89. The van der Waals surface area contributed by atoms with E-state index in [1.807, 2.05) is 0 Å². The van der Waals surface area contributed by atoms with Gasteiger partial charge in [-0.05, 0) is 6.92 Å². The molecule has 7 nitrogen and oxygen atoms in total. The molecule has 1 unspecified atom stereocenters. The molecule has 4 atom stereocenters. The van der Waals surface area contributed by atoms with Crippen LogP contribution in [0, 0.1) is 5.82 Å². The van der Waals surface area contributed by atoms with Crippen LogP contribution >= 0.6 is 0 Å². The van der Waals surface area contributed by atoms with Crippen molar-refractivity contribution in [3.63, 3.8) is 0 Å². The van der Waals surface area contributed by atoms with Gasteiger partial charge in [-0.15, -0.1) is 0 Å². The van der Waals surface area contributed by atoms with Gasteiger partial charge in [0.05, 0.1) is 6.20 Å². The van der Waals surface area contributed by atoms with Crippen LogP contribution in [-0.2, 0) is 4.74 Å². The van der Waals surface area contributed by atoms with Gasteiger partial charge in [0, 0.05) is 0 Å². The van der Waals surface area contributed by atoms with E-state index in [2.05, 4.69) is 4.74 Å². The molecule has 0 amide bonds. The SMILES string of the molecule is C[C@@]1(F)OC(n2cc(F)c(=O)[nH]c2=O)[C@H](O)[C@@H]1O. The Balaban J connectivity index is 2.49. The van der Waals surface area contributed by atoms with Gasteiger partial charge in [-0.3, -0.25) is 14.3 Å². The summed E-state index contributed by atoms with van der Waals surface area (Å²) in [6, 6.07) is 0. The van der Waals surface area contributed by atoms with E-state index in [0.717, 1.165) is 6.92 Å². The first kappa shape index (κ1) is 12.9. The standard InChI is InChI=1S/C9H10F2N2O5/c1-9(11)5(15)4(14)7(18-9)13-2-3(10)6(16)12-8(13)17/h2,4-5,7,14-15H,1H3,(H,12,16,17)/t4-,5+,7?,9-/m1/s1. The summed E-state index contributed by atoms with van der Waals surface area (Å²) in [7, 11) is 0. The Bertz CT molecular complexity index is 581. The molecule has 9 heteroatoms. The van der Waals surface area contributed by atoms with Gasteiger partial charge in [-0.1, -0.05) is 0 Å². The van der Waals surface area contributed by atoms with E-state index in [9.17, 15) is 28.6 Å². The van der Waals surface area contributed by atoms with Gasteiger partial charge in [0.25, 0.3) is 5.56 Å². The van der Waals surface area contributed by atoms with Crippen molar-refractivity contribution in [3.05, 3.63) is 32.9 Å². The zero-order chi connectivity index (χ0) is 13.7. The van der Waals surface area contributed by atoms with E-state index in [1.165, 1.54) is 0 Å². The summed E-state index contributed by atoms with van der Waals surface area (Å²) in [4.78, 5) is 23.8. The summed E-state index contributed by atoms with van der Waals surface area (Å²) in [5, 5.41) is 18.9. The van der Waals surface area contributed by atoms with Crippen LogP contribution in [0.4, 0.5) is 8.78 Å². The molecule has 2 heterocycles. The zero-order valence-electron chi connectivity index (χ0n) is 9.13. The molecule has 0 bridgehead atoms. The molecule has 3 N–H and O–H groups in total. The molecule has 1 aromatic heterocycles. The number of hydrogen-bond donors (Lipinski definition) is 3. The molecule has 100 valence electrons. The third-order valence-corrected chi connectivity index (χ3v) is 2.69. The van der Waals surface area contributed by atoms with Crippen molar-refractivity contribution in [1.29, 1.82) is 0 Å². The lowest BCUT2D eigenvalue weighted by Crippen LogP contribution is -2.39. The van der Waals surface area contributed by atoms with Crippen LogP contribution in [0.25, 0.3) is 0 Å². The number of H-pyrrole nitrogens is 1. The summed E-state index contributed by atoms with van der Waals surface area (Å²) in [6.45, 7) is 0.855. The Morgan fingerprint density at radius 1 is 1.50 bits per heavy atom. The summed E-state index contributed by atoms with van der Waals surface area (Å²) >= 11 is 0. The smallest absolute Gasteiger partial charge is 0.330 e. The normalized spacial score (nSPS) is 35.9. The molecule has 1 aromatic rings. The van der Waals surface area contributed by atoms with Crippen LogP contribution in [0.1, 0.15) is 13.2 Å². The number of aromatic nitrogens is 2. The van der Waals surface area contributed by atoms with Crippen LogP contribution < -0.4 is 11.2 Å². The Labute approximate surface area is 98.3 Å². The molecule has 2 rings (SSSR count). The van der Waals surface area contributed by atoms with Crippen molar-refractivity contribution in [3.8, 4) is 0 Å². The first-order valence-electron chi connectivity index (χ1n) is 4.98. The van der Waals surface area contributed by atoms with Gasteiger partial charge in [-0.2, -0.15) is 4.39 Å². The lowest BCUT2D eigenvalue weighted by atomic mass is 10.1. The van der Waals surface area contributed by atoms with Crippen LogP contribution in [0.15, 0.2) is 15.8 Å². The van der Waals surface area contributed by atoms with E-state index in [0.29, 0.717) is 10.8 Å². The maximum Gasteiger partial charge on any atom is 0.330 e. The minimum absolute atomic E-state index is 0.468. The van der Waals surface area contributed by atoms with Crippen molar-refractivity contribution in [1.82, 2.24) is 9.55 Å². The topological polar surface area (TPSA) is 105 Å². The minimum atomic E-state index is -2.59. The molecule has 0 aromatic carbocycles. The van der Waals surface area contributed by atoms with Gasteiger partial charge < -0.3 is 14.9 Å². The molecule has 1 saturated heterocycles. The van der Waals surface area contributed by atoms with Crippen molar-refractivity contribution in [2.24, 2.45) is 0 Å². The average molecular weight is 264 g/mol. The highest BCUT2D eigenvalue weighted by atomic mass is 19.2. The second kappa shape index (κ2) is 3.97. The number of halogens is 2. The molecule has 0 aliphatic carbocycles. The predicted molar refractivity (Wildman–Crippen MR) is 52.9 cm³/mol. The maximum absolute atomic E-state index is 13.6. The van der Waals surface area contributed by atoms with Crippen molar-refractivity contribution in [2.75, 3.05) is 0 Å². The van der Waals surface area contributed by atoms with Crippen LogP contribution in [0.5, 0.6) is 0 Å². The van der Waals surface area contributed by atoms with Crippen LogP contribution in [0.2, 0.25) is 0 Å². The average Bonchev–Trinajstić information content (AvgIpc) is 2.47. The predicted octanol–water partition coefficient (Wildman–Crippen LogP) is -1.39. The van der Waals surface area contributed by atoms with Crippen molar-refractivity contribution >= 4 is 0 Å². The lowest BCUT2D eigenvalue weighted by molar-refractivity contribution is -0.174. The monoisotopic (exact) mass is 264 g/mol. The molecule has 0 radical (unpaired) electrons. The first-order chi connectivity index (χ1) is 8.24. The molecule has 0 spiro atoms. The van der Waals surface area contributed by atoms with Gasteiger partial charge in [-0.25, -0.2) is 9.18 Å². The Morgan fingerprint density at radius 2 is 2.11 bits per heavy atom. The quantitative estimate of drug-likeness (QED) is 0.579. The fraction of sp³-hybridized carbons (Fsp3) is 0.556. The zero-order valence-corrected chi connectivity index (χ0v) is 9.13. The molecular weight excluding hydrogens is 254 g/mol. The third kappa shape index (κ3) is 1.85. The number of alkyl halides is 1. The minimum Gasteiger partial charge on any atom is -0.385 e. The Morgan fingerprint density at radius 3 is 2.61 bits per heavy atom. The number of rotatable bonds is 1. The van der Waals surface area contributed by atoms with Gasteiger partial charge in [0.15, 0.2) is 6.23 Å². The van der Waals surface area contributed by atoms with E-state index in [1.54, 1.807) is 4.98 Å². The van der Waals surface area contributed by atoms with E-state index >= 15 is 0 Å². The number of nitrogens with one attached hydrogen (secondary N) is 1. The molecule has 18 heavy (non-hydrogen) atoms. The molecule has 1 aliphatic heterocycles. The van der Waals surface area contributed by atoms with Gasteiger partial charge >= 0.3 is 5.69 Å².